The molecule has 0 aliphatic rings. The highest BCUT2D eigenvalue weighted by molar-refractivity contribution is 7.14. The number of nitro groups is 1. The van der Waals surface area contributed by atoms with Crippen LogP contribution in [0.15, 0.2) is 41.8 Å². The van der Waals surface area contributed by atoms with Crippen molar-refractivity contribution in [3.63, 3.8) is 0 Å². The number of benzene rings is 2. The van der Waals surface area contributed by atoms with Crippen molar-refractivity contribution in [1.29, 1.82) is 0 Å². The summed E-state index contributed by atoms with van der Waals surface area (Å²) in [6.45, 7) is 0. The lowest BCUT2D eigenvalue weighted by Gasteiger charge is -2.15. The third-order valence-corrected chi connectivity index (χ3v) is 5.60. The molecule has 0 saturated carbocycles. The zero-order valence-corrected chi connectivity index (χ0v) is 17.5. The van der Waals surface area contributed by atoms with Crippen LogP contribution < -0.4 is 16.6 Å². The quantitative estimate of drug-likeness (QED) is 0.219. The Kier molecular flexibility index (Phi) is 6.73. The number of anilines is 2. The lowest BCUT2D eigenvalue weighted by Crippen LogP contribution is -2.41. The molecule has 2 aromatic carbocycles. The van der Waals surface area contributed by atoms with E-state index in [1.807, 2.05) is 0 Å². The van der Waals surface area contributed by atoms with Gasteiger partial charge in [-0.2, -0.15) is 0 Å². The van der Waals surface area contributed by atoms with E-state index in [-0.39, 0.29) is 17.8 Å². The topological polar surface area (TPSA) is 143 Å². The van der Waals surface area contributed by atoms with E-state index in [9.17, 15) is 20.0 Å². The monoisotopic (exact) mass is 467 g/mol. The molecule has 1 unspecified atom stereocenters. The Balaban J connectivity index is 1.69. The maximum atomic E-state index is 11.6. The van der Waals surface area contributed by atoms with E-state index in [0.717, 1.165) is 5.56 Å². The Bertz CT molecular complexity index is 1110. The molecular formula is C18H15Cl2N5O4S. The number of nitrogens with two attached hydrogens (primary N) is 1. The molecule has 0 spiro atoms. The molecule has 12 heteroatoms. The summed E-state index contributed by atoms with van der Waals surface area (Å²) < 4.78 is 0. The van der Waals surface area contributed by atoms with E-state index < -0.39 is 16.9 Å². The van der Waals surface area contributed by atoms with Gasteiger partial charge in [0.05, 0.1) is 20.7 Å². The molecule has 9 nitrogen and oxygen atoms in total. The second kappa shape index (κ2) is 9.26. The van der Waals surface area contributed by atoms with Crippen molar-refractivity contribution in [3.05, 3.63) is 67.5 Å². The van der Waals surface area contributed by atoms with Gasteiger partial charge in [0.1, 0.15) is 11.7 Å². The lowest BCUT2D eigenvalue weighted by molar-refractivity contribution is -0.384. The SMILES string of the molecule is Nc1ccc(CC(NNc2nc(-c3ccc(Cl)c(Cl)c3)cs2)C(=O)O)cc1[N+](=O)[O-]. The first-order valence-electron chi connectivity index (χ1n) is 8.42. The predicted octanol–water partition coefficient (Wildman–Crippen LogP) is 4.22. The van der Waals surface area contributed by atoms with Gasteiger partial charge < -0.3 is 10.8 Å². The summed E-state index contributed by atoms with van der Waals surface area (Å²) in [7, 11) is 0. The summed E-state index contributed by atoms with van der Waals surface area (Å²) in [6, 6.07) is 8.24. The van der Waals surface area contributed by atoms with E-state index in [2.05, 4.69) is 15.8 Å². The van der Waals surface area contributed by atoms with E-state index >= 15 is 0 Å². The van der Waals surface area contributed by atoms with Gasteiger partial charge in [-0.05, 0) is 23.8 Å². The molecule has 0 fully saturated rings. The highest BCUT2D eigenvalue weighted by Crippen LogP contribution is 2.30. The number of nitrogens with one attached hydrogen (secondary N) is 2. The molecule has 0 aliphatic carbocycles. The number of hydrogen-bond donors (Lipinski definition) is 4. The Morgan fingerprint density at radius 1 is 1.27 bits per heavy atom. The first-order chi connectivity index (χ1) is 14.2. The molecule has 1 heterocycles. The van der Waals surface area contributed by atoms with Crippen LogP contribution in [0, 0.1) is 10.1 Å². The van der Waals surface area contributed by atoms with Gasteiger partial charge in [-0.1, -0.05) is 35.3 Å². The van der Waals surface area contributed by atoms with Gasteiger partial charge in [0.25, 0.3) is 5.69 Å². The normalized spacial score (nSPS) is 11.8. The predicted molar refractivity (Wildman–Crippen MR) is 117 cm³/mol. The summed E-state index contributed by atoms with van der Waals surface area (Å²) >= 11 is 13.2. The van der Waals surface area contributed by atoms with Crippen LogP contribution in [0.4, 0.5) is 16.5 Å². The number of nitrogen functional groups attached to an aromatic ring is 1. The minimum Gasteiger partial charge on any atom is -0.480 e. The number of aliphatic carboxylic acids is 1. The summed E-state index contributed by atoms with van der Waals surface area (Å²) in [4.78, 5) is 26.4. The molecule has 1 atom stereocenters. The van der Waals surface area contributed by atoms with Crippen molar-refractivity contribution in [1.82, 2.24) is 10.4 Å². The van der Waals surface area contributed by atoms with Gasteiger partial charge >= 0.3 is 5.97 Å². The number of aromatic nitrogens is 1. The van der Waals surface area contributed by atoms with Gasteiger partial charge in [0.15, 0.2) is 5.13 Å². The summed E-state index contributed by atoms with van der Waals surface area (Å²) in [6.07, 6.45) is -0.00548. The molecule has 1 aromatic heterocycles. The molecule has 0 aliphatic heterocycles. The summed E-state index contributed by atoms with van der Waals surface area (Å²) in [5.74, 6) is -1.14. The third kappa shape index (κ3) is 5.16. The number of rotatable bonds is 8. The van der Waals surface area contributed by atoms with Crippen LogP contribution in [-0.4, -0.2) is 27.0 Å². The van der Waals surface area contributed by atoms with Gasteiger partial charge in [-0.15, -0.1) is 11.3 Å². The first-order valence-corrected chi connectivity index (χ1v) is 10.1. The molecular weight excluding hydrogens is 453 g/mol. The molecule has 3 rings (SSSR count). The molecule has 0 radical (unpaired) electrons. The van der Waals surface area contributed by atoms with E-state index in [4.69, 9.17) is 28.9 Å². The molecule has 5 N–H and O–H groups in total. The van der Waals surface area contributed by atoms with E-state index in [1.54, 1.807) is 29.6 Å². The number of halogens is 2. The highest BCUT2D eigenvalue weighted by atomic mass is 35.5. The number of hydrazine groups is 1. The maximum Gasteiger partial charge on any atom is 0.322 e. The number of thiazole rings is 1. The zero-order chi connectivity index (χ0) is 21.8. The van der Waals surface area contributed by atoms with Crippen molar-refractivity contribution in [2.24, 2.45) is 0 Å². The average molecular weight is 468 g/mol. The standard InChI is InChI=1S/C18H15Cl2N5O4S/c19-11-3-2-10(7-12(11)20)15-8-30-18(22-15)24-23-14(17(26)27)5-9-1-4-13(21)16(6-9)25(28)29/h1-4,6-8,14,23H,5,21H2,(H,22,24)(H,26,27). The molecule has 30 heavy (non-hydrogen) atoms. The number of carbonyl (C=O) groups is 1. The van der Waals surface area contributed by atoms with Gasteiger partial charge in [-0.25, -0.2) is 10.4 Å². The van der Waals surface area contributed by atoms with Crippen molar-refractivity contribution in [3.8, 4) is 11.3 Å². The molecule has 0 saturated heterocycles. The Hall–Kier alpha value is -2.92. The van der Waals surface area contributed by atoms with Crippen LogP contribution in [0.2, 0.25) is 10.0 Å². The van der Waals surface area contributed by atoms with Crippen molar-refractivity contribution in [2.75, 3.05) is 11.2 Å². The smallest absolute Gasteiger partial charge is 0.322 e. The third-order valence-electron chi connectivity index (χ3n) is 4.10. The number of hydrogen-bond acceptors (Lipinski definition) is 8. The Morgan fingerprint density at radius 2 is 2.03 bits per heavy atom. The highest BCUT2D eigenvalue weighted by Gasteiger charge is 2.20. The minimum absolute atomic E-state index is 0.00548. The second-order valence-corrected chi connectivity index (χ2v) is 7.85. The fourth-order valence-electron chi connectivity index (χ4n) is 2.58. The van der Waals surface area contributed by atoms with E-state index in [1.165, 1.54) is 23.5 Å². The van der Waals surface area contributed by atoms with Crippen LogP contribution in [0.3, 0.4) is 0 Å². The van der Waals surface area contributed by atoms with Crippen LogP contribution in [0.5, 0.6) is 0 Å². The molecule has 156 valence electrons. The van der Waals surface area contributed by atoms with Gasteiger partial charge in [-0.3, -0.25) is 20.3 Å². The Morgan fingerprint density at radius 3 is 2.70 bits per heavy atom. The summed E-state index contributed by atoms with van der Waals surface area (Å²) in [5.41, 5.74) is 12.6. The average Bonchev–Trinajstić information content (AvgIpc) is 3.17. The van der Waals surface area contributed by atoms with Crippen LogP contribution in [0.1, 0.15) is 5.56 Å². The minimum atomic E-state index is -1.14. The van der Waals surface area contributed by atoms with E-state index in [0.29, 0.717) is 26.4 Å². The number of nitrogens with zero attached hydrogens (tertiary/aromatic N) is 2. The maximum absolute atomic E-state index is 11.6. The summed E-state index contributed by atoms with van der Waals surface area (Å²) in [5, 5.41) is 23.6. The van der Waals surface area contributed by atoms with Crippen LogP contribution >= 0.6 is 34.5 Å². The molecule has 0 amide bonds. The zero-order valence-electron chi connectivity index (χ0n) is 15.1. The van der Waals surface area contributed by atoms with Crippen molar-refractivity contribution >= 4 is 57.0 Å². The van der Waals surface area contributed by atoms with Crippen LogP contribution in [-0.2, 0) is 11.2 Å². The molecule has 3 aromatic rings. The van der Waals surface area contributed by atoms with Crippen molar-refractivity contribution < 1.29 is 14.8 Å². The van der Waals surface area contributed by atoms with Crippen molar-refractivity contribution in [2.45, 2.75) is 12.5 Å². The van der Waals surface area contributed by atoms with Gasteiger partial charge in [0.2, 0.25) is 0 Å². The number of carboxylic acids is 1. The fourth-order valence-corrected chi connectivity index (χ4v) is 3.56. The fraction of sp³-hybridized carbons (Fsp3) is 0.111. The number of nitro benzene ring substituents is 1. The number of carboxylic acid groups (broad SMARTS) is 1. The lowest BCUT2D eigenvalue weighted by atomic mass is 10.1. The second-order valence-electron chi connectivity index (χ2n) is 6.18. The first kappa shape index (κ1) is 21.8. The van der Waals surface area contributed by atoms with Gasteiger partial charge in [0, 0.05) is 23.4 Å². The Labute approximate surface area is 184 Å². The van der Waals surface area contributed by atoms with Crippen LogP contribution in [0.25, 0.3) is 11.3 Å². The molecule has 0 bridgehead atoms. The largest absolute Gasteiger partial charge is 0.480 e.